The van der Waals surface area contributed by atoms with E-state index in [0.717, 1.165) is 0 Å². The van der Waals surface area contributed by atoms with Gasteiger partial charge in [0.25, 0.3) is 5.91 Å². The van der Waals surface area contributed by atoms with Gasteiger partial charge in [-0.1, -0.05) is 23.7 Å². The molecule has 6 nitrogen and oxygen atoms in total. The fourth-order valence-corrected chi connectivity index (χ4v) is 2.57. The van der Waals surface area contributed by atoms with Gasteiger partial charge in [-0.25, -0.2) is 4.79 Å². The molecule has 0 saturated heterocycles. The van der Waals surface area contributed by atoms with Crippen LogP contribution in [0.2, 0.25) is 5.02 Å². The normalized spacial score (nSPS) is 10.1. The number of halogens is 1. The summed E-state index contributed by atoms with van der Waals surface area (Å²) in [5, 5.41) is 3.34. The number of methoxy groups -OCH3 is 1. The zero-order chi connectivity index (χ0) is 20.6. The van der Waals surface area contributed by atoms with E-state index in [1.54, 1.807) is 60.7 Å². The third-order valence-corrected chi connectivity index (χ3v) is 4.12. The number of nitrogens with one attached hydrogen (secondary N) is 1. The highest BCUT2D eigenvalue weighted by Crippen LogP contribution is 2.25. The maximum atomic E-state index is 12.3. The summed E-state index contributed by atoms with van der Waals surface area (Å²) in [5.41, 5.74) is 1.05. The fraction of sp³-hybridized carbons (Fsp3) is 0.0909. The molecular formula is C22H18ClNO5. The molecule has 3 rings (SSSR count). The highest BCUT2D eigenvalue weighted by molar-refractivity contribution is 6.30. The molecule has 1 N–H and O–H groups in total. The van der Waals surface area contributed by atoms with E-state index in [0.29, 0.717) is 33.5 Å². The third-order valence-electron chi connectivity index (χ3n) is 3.86. The standard InChI is InChI=1S/C22H18ClNO5/c1-27-19-4-2-3-5-20(19)28-14-21(25)29-18-12-6-15(7-13-18)22(26)24-17-10-8-16(23)9-11-17/h2-13H,14H2,1H3,(H,24,26). The van der Waals surface area contributed by atoms with E-state index in [-0.39, 0.29) is 12.5 Å². The third kappa shape index (κ3) is 5.73. The summed E-state index contributed by atoms with van der Waals surface area (Å²) < 4.78 is 15.8. The predicted molar refractivity (Wildman–Crippen MR) is 110 cm³/mol. The Bertz CT molecular complexity index is 987. The molecule has 0 aromatic heterocycles. The van der Waals surface area contributed by atoms with E-state index < -0.39 is 5.97 Å². The van der Waals surface area contributed by atoms with Crippen molar-refractivity contribution in [3.05, 3.63) is 83.4 Å². The van der Waals surface area contributed by atoms with Crippen molar-refractivity contribution in [2.75, 3.05) is 19.0 Å². The first-order valence-corrected chi connectivity index (χ1v) is 9.06. The van der Waals surface area contributed by atoms with E-state index in [1.165, 1.54) is 19.2 Å². The minimum Gasteiger partial charge on any atom is -0.493 e. The number of carbonyl (C=O) groups excluding carboxylic acids is 2. The van der Waals surface area contributed by atoms with Gasteiger partial charge >= 0.3 is 5.97 Å². The second-order valence-electron chi connectivity index (χ2n) is 5.90. The van der Waals surface area contributed by atoms with Crippen molar-refractivity contribution in [1.82, 2.24) is 0 Å². The molecule has 29 heavy (non-hydrogen) atoms. The SMILES string of the molecule is COc1ccccc1OCC(=O)Oc1ccc(C(=O)Nc2ccc(Cl)cc2)cc1. The van der Waals surface area contributed by atoms with Crippen LogP contribution in [0.5, 0.6) is 17.2 Å². The summed E-state index contributed by atoms with van der Waals surface area (Å²) in [6, 6.07) is 20.0. The van der Waals surface area contributed by atoms with Gasteiger partial charge in [0.2, 0.25) is 0 Å². The summed E-state index contributed by atoms with van der Waals surface area (Å²) in [6.45, 7) is -0.279. The van der Waals surface area contributed by atoms with Crippen LogP contribution >= 0.6 is 11.6 Å². The molecule has 3 aromatic rings. The average molecular weight is 412 g/mol. The van der Waals surface area contributed by atoms with E-state index in [9.17, 15) is 9.59 Å². The summed E-state index contributed by atoms with van der Waals surface area (Å²) in [5.74, 6) is 0.415. The van der Waals surface area contributed by atoms with Gasteiger partial charge in [0, 0.05) is 16.3 Å². The minimum absolute atomic E-state index is 0.279. The second kappa shape index (κ2) is 9.61. The quantitative estimate of drug-likeness (QED) is 0.455. The molecule has 0 fully saturated rings. The van der Waals surface area contributed by atoms with Gasteiger partial charge in [-0.2, -0.15) is 0 Å². The molecule has 148 valence electrons. The van der Waals surface area contributed by atoms with Crippen molar-refractivity contribution < 1.29 is 23.8 Å². The molecule has 0 aliphatic heterocycles. The fourth-order valence-electron chi connectivity index (χ4n) is 2.45. The smallest absolute Gasteiger partial charge is 0.349 e. The number of ether oxygens (including phenoxy) is 3. The molecule has 0 bridgehead atoms. The van der Waals surface area contributed by atoms with Crippen LogP contribution in [0.4, 0.5) is 5.69 Å². The number of benzene rings is 3. The molecule has 0 heterocycles. The Morgan fingerprint density at radius 1 is 0.897 bits per heavy atom. The van der Waals surface area contributed by atoms with Crippen LogP contribution in [0.1, 0.15) is 10.4 Å². The topological polar surface area (TPSA) is 73.9 Å². The minimum atomic E-state index is -0.575. The monoisotopic (exact) mass is 411 g/mol. The highest BCUT2D eigenvalue weighted by atomic mass is 35.5. The first-order valence-electron chi connectivity index (χ1n) is 8.68. The van der Waals surface area contributed by atoms with Crippen molar-refractivity contribution in [2.24, 2.45) is 0 Å². The zero-order valence-corrected chi connectivity index (χ0v) is 16.3. The number of esters is 1. The molecule has 0 spiro atoms. The summed E-state index contributed by atoms with van der Waals surface area (Å²) in [7, 11) is 1.52. The Kier molecular flexibility index (Phi) is 6.71. The van der Waals surface area contributed by atoms with E-state index in [1.807, 2.05) is 0 Å². The summed E-state index contributed by atoms with van der Waals surface area (Å²) in [6.07, 6.45) is 0. The van der Waals surface area contributed by atoms with Gasteiger partial charge in [0.05, 0.1) is 7.11 Å². The molecule has 3 aromatic carbocycles. The lowest BCUT2D eigenvalue weighted by atomic mass is 10.2. The van der Waals surface area contributed by atoms with Crippen LogP contribution in [0.25, 0.3) is 0 Å². The van der Waals surface area contributed by atoms with Crippen LogP contribution in [0.3, 0.4) is 0 Å². The lowest BCUT2D eigenvalue weighted by Crippen LogP contribution is -2.18. The lowest BCUT2D eigenvalue weighted by molar-refractivity contribution is -0.136. The van der Waals surface area contributed by atoms with Gasteiger partial charge in [0.1, 0.15) is 5.75 Å². The maximum Gasteiger partial charge on any atom is 0.349 e. The van der Waals surface area contributed by atoms with Gasteiger partial charge in [-0.15, -0.1) is 0 Å². The Labute approximate surface area is 173 Å². The number of hydrogen-bond acceptors (Lipinski definition) is 5. The molecular weight excluding hydrogens is 394 g/mol. The number of anilines is 1. The largest absolute Gasteiger partial charge is 0.493 e. The van der Waals surface area contributed by atoms with Gasteiger partial charge in [-0.3, -0.25) is 4.79 Å². The summed E-state index contributed by atoms with van der Waals surface area (Å²) in [4.78, 5) is 24.3. The molecule has 0 aliphatic rings. The van der Waals surface area contributed by atoms with Gasteiger partial charge in [0.15, 0.2) is 18.1 Å². The van der Waals surface area contributed by atoms with Crippen molar-refractivity contribution in [3.8, 4) is 17.2 Å². The first-order chi connectivity index (χ1) is 14.0. The molecule has 0 unspecified atom stereocenters. The molecule has 0 atom stereocenters. The van der Waals surface area contributed by atoms with Crippen LogP contribution in [0, 0.1) is 0 Å². The number of rotatable bonds is 7. The van der Waals surface area contributed by atoms with Crippen LogP contribution in [0.15, 0.2) is 72.8 Å². The van der Waals surface area contributed by atoms with E-state index >= 15 is 0 Å². The Morgan fingerprint density at radius 3 is 2.21 bits per heavy atom. The zero-order valence-electron chi connectivity index (χ0n) is 15.6. The Balaban J connectivity index is 1.53. The predicted octanol–water partition coefficient (Wildman–Crippen LogP) is 4.59. The van der Waals surface area contributed by atoms with Crippen LogP contribution in [-0.2, 0) is 4.79 Å². The Hall–Kier alpha value is -3.51. The summed E-state index contributed by atoms with van der Waals surface area (Å²) >= 11 is 5.83. The number of hydrogen-bond donors (Lipinski definition) is 1. The number of carbonyl (C=O) groups is 2. The lowest BCUT2D eigenvalue weighted by Gasteiger charge is -2.10. The van der Waals surface area contributed by atoms with Gasteiger partial charge < -0.3 is 19.5 Å². The van der Waals surface area contributed by atoms with Crippen molar-refractivity contribution in [1.29, 1.82) is 0 Å². The molecule has 1 amide bonds. The van der Waals surface area contributed by atoms with Gasteiger partial charge in [-0.05, 0) is 60.7 Å². The molecule has 0 saturated carbocycles. The van der Waals surface area contributed by atoms with Crippen LogP contribution < -0.4 is 19.5 Å². The molecule has 0 radical (unpaired) electrons. The maximum absolute atomic E-state index is 12.3. The number of para-hydroxylation sites is 2. The van der Waals surface area contributed by atoms with E-state index in [4.69, 9.17) is 25.8 Å². The van der Waals surface area contributed by atoms with Crippen molar-refractivity contribution in [3.63, 3.8) is 0 Å². The van der Waals surface area contributed by atoms with Crippen molar-refractivity contribution >= 4 is 29.2 Å². The average Bonchev–Trinajstić information content (AvgIpc) is 2.74. The van der Waals surface area contributed by atoms with Crippen LogP contribution in [-0.4, -0.2) is 25.6 Å². The first kappa shape index (κ1) is 20.2. The van der Waals surface area contributed by atoms with E-state index in [2.05, 4.69) is 5.32 Å². The highest BCUT2D eigenvalue weighted by Gasteiger charge is 2.11. The Morgan fingerprint density at radius 2 is 1.55 bits per heavy atom. The molecule has 7 heteroatoms. The van der Waals surface area contributed by atoms with Crippen molar-refractivity contribution in [2.45, 2.75) is 0 Å². The number of amides is 1. The second-order valence-corrected chi connectivity index (χ2v) is 6.34. The molecule has 0 aliphatic carbocycles.